The molecule has 0 aliphatic carbocycles. The van der Waals surface area contributed by atoms with Crippen LogP contribution in [0.1, 0.15) is 12.5 Å². The molecule has 0 heterocycles. The first-order valence-electron chi connectivity index (χ1n) is 10.1. The fraction of sp³-hybridized carbons (Fsp3) is 0.208. The number of rotatable bonds is 9. The Bertz CT molecular complexity index is 1130. The number of hydrogen-bond acceptors (Lipinski definition) is 4. The van der Waals surface area contributed by atoms with Gasteiger partial charge in [-0.15, -0.1) is 0 Å². The van der Waals surface area contributed by atoms with E-state index in [0.29, 0.717) is 5.75 Å². The van der Waals surface area contributed by atoms with Gasteiger partial charge in [-0.2, -0.15) is 0 Å². The standard InChI is InChI=1S/C24H25FN2O4S/c1-18-8-14-22(15-9-18)31-17-19(2)26-24(28)16-27(21-12-10-20(25)11-13-21)32(29,30)23-6-4-3-5-7-23/h3-15,19H,16-17H2,1-2H3,(H,26,28). The molecule has 0 saturated carbocycles. The van der Waals surface area contributed by atoms with Crippen LogP contribution in [0.15, 0.2) is 83.8 Å². The van der Waals surface area contributed by atoms with Crippen LogP contribution in [0.5, 0.6) is 5.75 Å². The molecule has 0 aliphatic rings. The van der Waals surface area contributed by atoms with Gasteiger partial charge in [0.15, 0.2) is 0 Å². The van der Waals surface area contributed by atoms with Crippen LogP contribution in [0.4, 0.5) is 10.1 Å². The Kier molecular flexibility index (Phi) is 7.48. The van der Waals surface area contributed by atoms with Crippen LogP contribution in [0.2, 0.25) is 0 Å². The lowest BCUT2D eigenvalue weighted by Gasteiger charge is -2.25. The molecule has 0 aromatic heterocycles. The van der Waals surface area contributed by atoms with Gasteiger partial charge in [-0.1, -0.05) is 35.9 Å². The van der Waals surface area contributed by atoms with E-state index in [-0.39, 0.29) is 23.2 Å². The molecule has 0 fully saturated rings. The number of ether oxygens (including phenoxy) is 1. The number of amides is 1. The van der Waals surface area contributed by atoms with E-state index in [1.54, 1.807) is 25.1 Å². The number of sulfonamides is 1. The van der Waals surface area contributed by atoms with Crippen molar-refractivity contribution in [3.8, 4) is 5.75 Å². The molecule has 6 nitrogen and oxygen atoms in total. The number of halogens is 1. The summed E-state index contributed by atoms with van der Waals surface area (Å²) < 4.78 is 46.4. The second kappa shape index (κ2) is 10.3. The zero-order valence-electron chi connectivity index (χ0n) is 17.9. The maximum Gasteiger partial charge on any atom is 0.264 e. The Hall–Kier alpha value is -3.39. The van der Waals surface area contributed by atoms with E-state index in [1.165, 1.54) is 24.3 Å². The molecule has 1 unspecified atom stereocenters. The molecule has 1 N–H and O–H groups in total. The molecule has 1 amide bonds. The summed E-state index contributed by atoms with van der Waals surface area (Å²) >= 11 is 0. The molecular formula is C24H25FN2O4S. The Morgan fingerprint density at radius 2 is 1.62 bits per heavy atom. The van der Waals surface area contributed by atoms with Gasteiger partial charge in [0, 0.05) is 0 Å². The number of aryl methyl sites for hydroxylation is 1. The van der Waals surface area contributed by atoms with E-state index in [2.05, 4.69) is 5.32 Å². The van der Waals surface area contributed by atoms with Gasteiger partial charge < -0.3 is 10.1 Å². The first-order chi connectivity index (χ1) is 15.3. The minimum atomic E-state index is -4.04. The van der Waals surface area contributed by atoms with Gasteiger partial charge in [-0.05, 0) is 62.4 Å². The Labute approximate surface area is 187 Å². The monoisotopic (exact) mass is 456 g/mol. The summed E-state index contributed by atoms with van der Waals surface area (Å²) in [5.74, 6) is -0.331. The molecular weight excluding hydrogens is 431 g/mol. The first kappa shape index (κ1) is 23.3. The zero-order chi connectivity index (χ0) is 23.1. The van der Waals surface area contributed by atoms with Crippen LogP contribution in [0.3, 0.4) is 0 Å². The van der Waals surface area contributed by atoms with Gasteiger partial charge in [-0.3, -0.25) is 9.10 Å². The molecule has 0 aliphatic heterocycles. The predicted molar refractivity (Wildman–Crippen MR) is 122 cm³/mol. The SMILES string of the molecule is Cc1ccc(OCC(C)NC(=O)CN(c2ccc(F)cc2)S(=O)(=O)c2ccccc2)cc1. The average Bonchev–Trinajstić information content (AvgIpc) is 2.78. The number of carbonyl (C=O) groups excluding carboxylic acids is 1. The van der Waals surface area contributed by atoms with Crippen molar-refractivity contribution < 1.29 is 22.3 Å². The molecule has 168 valence electrons. The normalized spacial score (nSPS) is 12.1. The highest BCUT2D eigenvalue weighted by atomic mass is 32.2. The van der Waals surface area contributed by atoms with E-state index in [9.17, 15) is 17.6 Å². The lowest BCUT2D eigenvalue weighted by Crippen LogP contribution is -2.45. The topological polar surface area (TPSA) is 75.7 Å². The van der Waals surface area contributed by atoms with Crippen LogP contribution in [0, 0.1) is 12.7 Å². The minimum absolute atomic E-state index is 0.0351. The third kappa shape index (κ3) is 6.07. The molecule has 0 spiro atoms. The number of carbonyl (C=O) groups is 1. The largest absolute Gasteiger partial charge is 0.491 e. The number of hydrogen-bond donors (Lipinski definition) is 1. The number of benzene rings is 3. The average molecular weight is 457 g/mol. The van der Waals surface area contributed by atoms with Crippen molar-refractivity contribution in [1.29, 1.82) is 0 Å². The smallest absolute Gasteiger partial charge is 0.264 e. The highest BCUT2D eigenvalue weighted by Crippen LogP contribution is 2.23. The van der Waals surface area contributed by atoms with Crippen molar-refractivity contribution >= 4 is 21.6 Å². The van der Waals surface area contributed by atoms with Crippen molar-refractivity contribution in [3.05, 3.63) is 90.2 Å². The first-order valence-corrected chi connectivity index (χ1v) is 11.5. The molecule has 3 rings (SSSR count). The van der Waals surface area contributed by atoms with Crippen molar-refractivity contribution in [1.82, 2.24) is 5.32 Å². The van der Waals surface area contributed by atoms with Gasteiger partial charge in [0.05, 0.1) is 16.6 Å². The van der Waals surface area contributed by atoms with Crippen LogP contribution in [0.25, 0.3) is 0 Å². The lowest BCUT2D eigenvalue weighted by molar-refractivity contribution is -0.120. The Balaban J connectivity index is 1.72. The van der Waals surface area contributed by atoms with Crippen LogP contribution < -0.4 is 14.4 Å². The number of anilines is 1. The quantitative estimate of drug-likeness (QED) is 0.530. The Morgan fingerprint density at radius 3 is 2.25 bits per heavy atom. The second-order valence-corrected chi connectivity index (χ2v) is 9.26. The van der Waals surface area contributed by atoms with Gasteiger partial charge in [0.25, 0.3) is 10.0 Å². The lowest BCUT2D eigenvalue weighted by atomic mass is 10.2. The van der Waals surface area contributed by atoms with E-state index < -0.39 is 28.3 Å². The Morgan fingerprint density at radius 1 is 1.00 bits per heavy atom. The van der Waals surface area contributed by atoms with E-state index in [4.69, 9.17) is 4.74 Å². The zero-order valence-corrected chi connectivity index (χ0v) is 18.7. The van der Waals surface area contributed by atoms with Crippen LogP contribution >= 0.6 is 0 Å². The molecule has 3 aromatic rings. The van der Waals surface area contributed by atoms with Crippen molar-refractivity contribution in [3.63, 3.8) is 0 Å². The maximum absolute atomic E-state index is 13.4. The summed E-state index contributed by atoms with van der Waals surface area (Å²) in [6.45, 7) is 3.50. The minimum Gasteiger partial charge on any atom is -0.491 e. The molecule has 3 aromatic carbocycles. The van der Waals surface area contributed by atoms with Crippen molar-refractivity contribution in [2.45, 2.75) is 24.8 Å². The molecule has 0 radical (unpaired) electrons. The van der Waals surface area contributed by atoms with Gasteiger partial charge in [-0.25, -0.2) is 12.8 Å². The summed E-state index contributed by atoms with van der Waals surface area (Å²) in [6.07, 6.45) is 0. The number of nitrogens with one attached hydrogen (secondary N) is 1. The van der Waals surface area contributed by atoms with Gasteiger partial charge in [0.1, 0.15) is 24.7 Å². The summed E-state index contributed by atoms with van der Waals surface area (Å²) in [5.41, 5.74) is 1.30. The van der Waals surface area contributed by atoms with Crippen LogP contribution in [-0.2, 0) is 14.8 Å². The fourth-order valence-corrected chi connectivity index (χ4v) is 4.43. The van der Waals surface area contributed by atoms with Crippen molar-refractivity contribution in [2.24, 2.45) is 0 Å². The van der Waals surface area contributed by atoms with Gasteiger partial charge >= 0.3 is 0 Å². The summed E-state index contributed by atoms with van der Waals surface area (Å²) in [7, 11) is -4.04. The highest BCUT2D eigenvalue weighted by Gasteiger charge is 2.27. The van der Waals surface area contributed by atoms with Crippen LogP contribution in [-0.4, -0.2) is 33.5 Å². The van der Waals surface area contributed by atoms with E-state index in [0.717, 1.165) is 22.0 Å². The third-order valence-electron chi connectivity index (χ3n) is 4.66. The number of nitrogens with zero attached hydrogens (tertiary/aromatic N) is 1. The van der Waals surface area contributed by atoms with Gasteiger partial charge in [0.2, 0.25) is 5.91 Å². The maximum atomic E-state index is 13.4. The van der Waals surface area contributed by atoms with Crippen molar-refractivity contribution in [2.75, 3.05) is 17.5 Å². The van der Waals surface area contributed by atoms with E-state index >= 15 is 0 Å². The fourth-order valence-electron chi connectivity index (χ4n) is 2.99. The summed E-state index contributed by atoms with van der Waals surface area (Å²) in [4.78, 5) is 12.7. The van der Waals surface area contributed by atoms with E-state index in [1.807, 2.05) is 31.2 Å². The molecule has 0 bridgehead atoms. The summed E-state index contributed by atoms with van der Waals surface area (Å²) in [5, 5.41) is 2.75. The second-order valence-electron chi connectivity index (χ2n) is 7.39. The summed E-state index contributed by atoms with van der Waals surface area (Å²) in [6, 6.07) is 19.9. The third-order valence-corrected chi connectivity index (χ3v) is 6.45. The highest BCUT2D eigenvalue weighted by molar-refractivity contribution is 7.92. The molecule has 8 heteroatoms. The molecule has 1 atom stereocenters. The molecule has 0 saturated heterocycles. The predicted octanol–water partition coefficient (Wildman–Crippen LogP) is 3.91. The molecule has 32 heavy (non-hydrogen) atoms.